The van der Waals surface area contributed by atoms with Crippen molar-refractivity contribution < 1.29 is 27.1 Å². The molecule has 0 radical (unpaired) electrons. The van der Waals surface area contributed by atoms with Gasteiger partial charge >= 0.3 is 6.09 Å². The molecule has 1 N–H and O–H groups in total. The van der Waals surface area contributed by atoms with Crippen LogP contribution in [0, 0.1) is 5.82 Å². The van der Waals surface area contributed by atoms with Crippen LogP contribution >= 0.6 is 11.6 Å². The summed E-state index contributed by atoms with van der Waals surface area (Å²) in [6, 6.07) is 8.16. The summed E-state index contributed by atoms with van der Waals surface area (Å²) >= 11 is 5.98. The highest BCUT2D eigenvalue weighted by atomic mass is 35.5. The van der Waals surface area contributed by atoms with E-state index in [1.807, 2.05) is 0 Å². The van der Waals surface area contributed by atoms with E-state index in [1.54, 1.807) is 38.6 Å². The Morgan fingerprint density at radius 2 is 1.92 bits per heavy atom. The summed E-state index contributed by atoms with van der Waals surface area (Å²) in [5.74, 6) is -1.78. The molecule has 0 atom stereocenters. The Kier molecular flexibility index (Phi) is 7.87. The lowest BCUT2D eigenvalue weighted by Gasteiger charge is -2.24. The number of carbonyl (C=O) groups excluding carboxylic acids is 2. The van der Waals surface area contributed by atoms with E-state index >= 15 is 0 Å². The minimum atomic E-state index is -4.18. The number of nitrogens with zero attached hydrogens (tertiary/aromatic N) is 3. The third-order valence-corrected chi connectivity index (χ3v) is 6.61. The number of sulfonamides is 1. The first-order valence-corrected chi connectivity index (χ1v) is 12.6. The van der Waals surface area contributed by atoms with Crippen molar-refractivity contribution in [3.05, 3.63) is 65.3 Å². The third-order valence-electron chi connectivity index (χ3n) is 4.93. The fraction of sp³-hybridized carbons (Fsp3) is 0.292. The number of imidazole rings is 1. The minimum Gasteiger partial charge on any atom is -0.443 e. The number of carbonyl (C=O) groups is 2. The number of Topliss-reactive ketones (excluding diaryl/α,β-unsaturated/α-hetero) is 1. The van der Waals surface area contributed by atoms with Gasteiger partial charge in [0.15, 0.2) is 11.6 Å². The molecule has 0 fully saturated rings. The van der Waals surface area contributed by atoms with Crippen LogP contribution in [0.25, 0.3) is 11.3 Å². The van der Waals surface area contributed by atoms with Gasteiger partial charge in [0.2, 0.25) is 10.0 Å². The molecule has 1 heterocycles. The lowest BCUT2D eigenvalue weighted by Crippen LogP contribution is -2.34. The predicted octanol–water partition coefficient (Wildman–Crippen LogP) is 4.41. The molecule has 0 aliphatic carbocycles. The fourth-order valence-corrected chi connectivity index (χ4v) is 4.38. The quantitative estimate of drug-likeness (QED) is 0.448. The van der Waals surface area contributed by atoms with Crippen molar-refractivity contribution in [2.24, 2.45) is 7.05 Å². The minimum absolute atomic E-state index is 0.191. The summed E-state index contributed by atoms with van der Waals surface area (Å²) in [6.45, 7) is 4.42. The Labute approximate surface area is 213 Å². The molecule has 2 aromatic carbocycles. The van der Waals surface area contributed by atoms with Crippen LogP contribution in [-0.2, 0) is 21.8 Å². The Balaban J connectivity index is 1.79. The first-order valence-electron chi connectivity index (χ1n) is 10.7. The second-order valence-corrected chi connectivity index (χ2v) is 11.2. The summed E-state index contributed by atoms with van der Waals surface area (Å²) < 4.78 is 49.5. The Hall–Kier alpha value is -3.28. The SMILES string of the molecule is CN(C(=O)OC(C)(C)C)c1cccc(S(=O)(=O)NCC(=O)c2cc(-c3cn(C)cn3)cc(Cl)c2F)c1. The van der Waals surface area contributed by atoms with Gasteiger partial charge in [0.05, 0.1) is 34.0 Å². The summed E-state index contributed by atoms with van der Waals surface area (Å²) in [6.07, 6.45) is 2.54. The van der Waals surface area contributed by atoms with E-state index in [0.29, 0.717) is 11.3 Å². The average Bonchev–Trinajstić information content (AvgIpc) is 3.24. The van der Waals surface area contributed by atoms with Crippen molar-refractivity contribution >= 4 is 39.2 Å². The number of hydrogen-bond acceptors (Lipinski definition) is 6. The van der Waals surface area contributed by atoms with Gasteiger partial charge in [-0.1, -0.05) is 17.7 Å². The number of amides is 1. The van der Waals surface area contributed by atoms with Gasteiger partial charge in [-0.15, -0.1) is 0 Å². The standard InChI is InChI=1S/C24H26ClFN4O5S/c1-24(2,3)35-23(32)30(5)16-7-6-8-17(11-16)36(33,34)28-12-21(31)18-9-15(10-19(25)22(18)26)20-13-29(4)14-27-20/h6-11,13-14,28H,12H2,1-5H3. The highest BCUT2D eigenvalue weighted by Crippen LogP contribution is 2.27. The maximum absolute atomic E-state index is 14.6. The van der Waals surface area contributed by atoms with E-state index in [1.165, 1.54) is 49.8 Å². The largest absolute Gasteiger partial charge is 0.443 e. The summed E-state index contributed by atoms with van der Waals surface area (Å²) in [7, 11) is -0.988. The van der Waals surface area contributed by atoms with E-state index in [9.17, 15) is 22.4 Å². The van der Waals surface area contributed by atoms with E-state index in [4.69, 9.17) is 16.3 Å². The maximum Gasteiger partial charge on any atom is 0.414 e. The second kappa shape index (κ2) is 10.4. The van der Waals surface area contributed by atoms with E-state index in [-0.39, 0.29) is 21.2 Å². The molecular weight excluding hydrogens is 511 g/mol. The van der Waals surface area contributed by atoms with Crippen LogP contribution in [-0.4, -0.2) is 49.0 Å². The number of ether oxygens (including phenoxy) is 1. The van der Waals surface area contributed by atoms with Crippen molar-refractivity contribution in [2.75, 3.05) is 18.5 Å². The molecule has 3 rings (SSSR count). The first kappa shape index (κ1) is 27.3. The van der Waals surface area contributed by atoms with Gasteiger partial charge in [-0.3, -0.25) is 9.69 Å². The van der Waals surface area contributed by atoms with Gasteiger partial charge in [0.25, 0.3) is 0 Å². The highest BCUT2D eigenvalue weighted by Gasteiger charge is 2.24. The zero-order valence-electron chi connectivity index (χ0n) is 20.4. The zero-order chi connectivity index (χ0) is 26.8. The molecule has 9 nitrogen and oxygen atoms in total. The monoisotopic (exact) mass is 536 g/mol. The van der Waals surface area contributed by atoms with Gasteiger partial charge in [-0.05, 0) is 51.1 Å². The lowest BCUT2D eigenvalue weighted by atomic mass is 10.0. The molecule has 0 bridgehead atoms. The second-order valence-electron chi connectivity index (χ2n) is 9.03. The topological polar surface area (TPSA) is 111 Å². The average molecular weight is 537 g/mol. The van der Waals surface area contributed by atoms with Crippen molar-refractivity contribution in [3.8, 4) is 11.3 Å². The molecule has 0 aliphatic rings. The number of aromatic nitrogens is 2. The van der Waals surface area contributed by atoms with E-state index < -0.39 is 39.9 Å². The van der Waals surface area contributed by atoms with Gasteiger partial charge in [-0.2, -0.15) is 0 Å². The molecule has 0 saturated heterocycles. The number of hydrogen-bond donors (Lipinski definition) is 1. The fourth-order valence-electron chi connectivity index (χ4n) is 3.14. The normalized spacial score (nSPS) is 11.9. The summed E-state index contributed by atoms with van der Waals surface area (Å²) in [5.41, 5.74) is 0.0397. The summed E-state index contributed by atoms with van der Waals surface area (Å²) in [5, 5.41) is -0.290. The molecule has 0 spiro atoms. The van der Waals surface area contributed by atoms with Gasteiger partial charge < -0.3 is 9.30 Å². The van der Waals surface area contributed by atoms with Gasteiger partial charge in [0, 0.05) is 31.5 Å². The number of rotatable bonds is 7. The zero-order valence-corrected chi connectivity index (χ0v) is 21.9. The molecule has 0 aliphatic heterocycles. The van der Waals surface area contributed by atoms with Crippen molar-refractivity contribution in [1.29, 1.82) is 0 Å². The van der Waals surface area contributed by atoms with E-state index in [2.05, 4.69) is 9.71 Å². The molecule has 36 heavy (non-hydrogen) atoms. The maximum atomic E-state index is 14.6. The van der Waals surface area contributed by atoms with Crippen LogP contribution in [0.3, 0.4) is 0 Å². The van der Waals surface area contributed by atoms with Crippen LogP contribution in [0.2, 0.25) is 5.02 Å². The summed E-state index contributed by atoms with van der Waals surface area (Å²) in [4.78, 5) is 30.2. The van der Waals surface area contributed by atoms with Gasteiger partial charge in [-0.25, -0.2) is 27.3 Å². The number of nitrogens with one attached hydrogen (secondary N) is 1. The molecule has 1 aromatic heterocycles. The highest BCUT2D eigenvalue weighted by molar-refractivity contribution is 7.89. The lowest BCUT2D eigenvalue weighted by molar-refractivity contribution is 0.0589. The molecule has 1 amide bonds. The Morgan fingerprint density at radius 3 is 2.53 bits per heavy atom. The molecule has 0 unspecified atom stereocenters. The molecule has 192 valence electrons. The Bertz CT molecular complexity index is 1420. The number of aryl methyl sites for hydroxylation is 1. The van der Waals surface area contributed by atoms with Crippen LogP contribution < -0.4 is 9.62 Å². The van der Waals surface area contributed by atoms with Crippen molar-refractivity contribution in [1.82, 2.24) is 14.3 Å². The van der Waals surface area contributed by atoms with E-state index in [0.717, 1.165) is 4.90 Å². The number of benzene rings is 2. The van der Waals surface area contributed by atoms with Crippen LogP contribution in [0.15, 0.2) is 53.8 Å². The molecule has 12 heteroatoms. The number of anilines is 1. The van der Waals surface area contributed by atoms with Crippen molar-refractivity contribution in [3.63, 3.8) is 0 Å². The smallest absolute Gasteiger partial charge is 0.414 e. The predicted molar refractivity (Wildman–Crippen MR) is 134 cm³/mol. The van der Waals surface area contributed by atoms with Crippen LogP contribution in [0.1, 0.15) is 31.1 Å². The van der Waals surface area contributed by atoms with Crippen LogP contribution in [0.4, 0.5) is 14.9 Å². The Morgan fingerprint density at radius 1 is 1.22 bits per heavy atom. The number of halogens is 2. The third kappa shape index (κ3) is 6.48. The first-order chi connectivity index (χ1) is 16.7. The number of ketones is 1. The van der Waals surface area contributed by atoms with Gasteiger partial charge in [0.1, 0.15) is 5.60 Å². The molecule has 0 saturated carbocycles. The molecular formula is C24H26ClFN4O5S. The van der Waals surface area contributed by atoms with Crippen LogP contribution in [0.5, 0.6) is 0 Å². The van der Waals surface area contributed by atoms with Crippen molar-refractivity contribution in [2.45, 2.75) is 31.3 Å². The molecule has 3 aromatic rings.